The minimum atomic E-state index is -0.214. The number of thiophene rings is 1. The van der Waals surface area contributed by atoms with Crippen molar-refractivity contribution in [3.8, 4) is 0 Å². The molecule has 0 aliphatic heterocycles. The fourth-order valence-corrected chi connectivity index (χ4v) is 5.87. The topological polar surface area (TPSA) is 80.9 Å². The molecule has 5 rings (SSSR count). The molecule has 148 valence electrons. The van der Waals surface area contributed by atoms with Gasteiger partial charge in [-0.05, 0) is 61.9 Å². The van der Waals surface area contributed by atoms with Crippen molar-refractivity contribution in [3.63, 3.8) is 0 Å². The van der Waals surface area contributed by atoms with Gasteiger partial charge in [-0.15, -0.1) is 11.3 Å². The number of nitrogens with one attached hydrogen (secondary N) is 1. The number of fused-ring (bicyclic) bond motifs is 3. The number of anilines is 2. The number of nitrogens with zero attached hydrogens (tertiary/aromatic N) is 2. The molecule has 1 aliphatic carbocycles. The fourth-order valence-electron chi connectivity index (χ4n) is 3.92. The number of rotatable bonds is 2. The number of carbonyl (C=O) groups is 1. The lowest BCUT2D eigenvalue weighted by Crippen LogP contribution is -2.11. The predicted octanol–water partition coefficient (Wildman–Crippen LogP) is 5.71. The molecular formula is C22H22N4OS2. The number of nitrogens with two attached hydrogens (primary N) is 1. The van der Waals surface area contributed by atoms with Crippen LogP contribution in [0.4, 0.5) is 10.8 Å². The van der Waals surface area contributed by atoms with E-state index >= 15 is 0 Å². The van der Waals surface area contributed by atoms with Gasteiger partial charge in [0.25, 0.3) is 5.91 Å². The lowest BCUT2D eigenvalue weighted by molar-refractivity contribution is 0.103. The van der Waals surface area contributed by atoms with Crippen molar-refractivity contribution in [2.75, 3.05) is 11.1 Å². The number of pyridine rings is 1. The number of nitrogen functional groups attached to an aromatic ring is 1. The Balaban J connectivity index is 1.48. The fraction of sp³-hybridized carbons (Fsp3) is 0.318. The Hall–Kier alpha value is -2.51. The summed E-state index contributed by atoms with van der Waals surface area (Å²) in [6.45, 7) is 2.05. The van der Waals surface area contributed by atoms with E-state index in [-0.39, 0.29) is 5.91 Å². The van der Waals surface area contributed by atoms with E-state index in [2.05, 4.69) is 22.4 Å². The van der Waals surface area contributed by atoms with Gasteiger partial charge in [-0.25, -0.2) is 9.97 Å². The Morgan fingerprint density at radius 1 is 1.07 bits per heavy atom. The van der Waals surface area contributed by atoms with Crippen molar-refractivity contribution in [2.24, 2.45) is 0 Å². The first-order valence-corrected chi connectivity index (χ1v) is 11.6. The number of hydrogen-bond donors (Lipinski definition) is 2. The van der Waals surface area contributed by atoms with Crippen LogP contribution in [0.5, 0.6) is 0 Å². The number of benzene rings is 1. The van der Waals surface area contributed by atoms with Gasteiger partial charge in [0.15, 0.2) is 5.13 Å². The Bertz CT molecular complexity index is 1240. The average molecular weight is 423 g/mol. The Morgan fingerprint density at radius 3 is 2.76 bits per heavy atom. The minimum Gasteiger partial charge on any atom is -0.397 e. The van der Waals surface area contributed by atoms with Crippen molar-refractivity contribution >= 4 is 59.8 Å². The molecule has 0 unspecified atom stereocenters. The van der Waals surface area contributed by atoms with E-state index in [1.807, 2.05) is 19.1 Å². The first kappa shape index (κ1) is 18.5. The highest BCUT2D eigenvalue weighted by Crippen LogP contribution is 2.36. The molecule has 0 spiro atoms. The molecule has 3 aromatic heterocycles. The summed E-state index contributed by atoms with van der Waals surface area (Å²) >= 11 is 2.85. The van der Waals surface area contributed by atoms with Crippen LogP contribution in [0, 0.1) is 6.92 Å². The van der Waals surface area contributed by atoms with Crippen LogP contribution in [0.15, 0.2) is 24.3 Å². The summed E-state index contributed by atoms with van der Waals surface area (Å²) < 4.78 is 1.06. The molecule has 5 nitrogen and oxygen atoms in total. The molecule has 3 heterocycles. The second-order valence-corrected chi connectivity index (χ2v) is 9.68. The molecule has 1 amide bonds. The normalized spacial score (nSPS) is 14.5. The van der Waals surface area contributed by atoms with E-state index < -0.39 is 0 Å². The minimum absolute atomic E-state index is 0.214. The highest BCUT2D eigenvalue weighted by molar-refractivity contribution is 7.23. The van der Waals surface area contributed by atoms with Crippen LogP contribution in [0.3, 0.4) is 0 Å². The lowest BCUT2D eigenvalue weighted by atomic mass is 9.96. The highest BCUT2D eigenvalue weighted by Gasteiger charge is 2.21. The van der Waals surface area contributed by atoms with Crippen LogP contribution < -0.4 is 11.1 Å². The third kappa shape index (κ3) is 3.49. The molecular weight excluding hydrogens is 400 g/mol. The van der Waals surface area contributed by atoms with Crippen LogP contribution in [0.25, 0.3) is 20.4 Å². The SMILES string of the molecule is Cc1ccc2nc(NC(=O)c3sc4nc5c(cc4c3N)CCCCCC5)sc2c1. The molecule has 1 aliphatic rings. The number of aryl methyl sites for hydroxylation is 3. The Labute approximate surface area is 177 Å². The largest absolute Gasteiger partial charge is 0.397 e. The van der Waals surface area contributed by atoms with Gasteiger partial charge >= 0.3 is 0 Å². The second kappa shape index (κ2) is 7.39. The molecule has 0 saturated carbocycles. The standard InChI is InChI=1S/C22H22N4OS2/c1-12-8-9-16-17(10-12)28-22(25-16)26-20(27)19-18(23)14-11-13-6-4-2-3-5-7-15(13)24-21(14)29-19/h8-11H,2-7,23H2,1H3,(H,25,26,27). The summed E-state index contributed by atoms with van der Waals surface area (Å²) in [5.74, 6) is -0.214. The van der Waals surface area contributed by atoms with Gasteiger partial charge in [0.2, 0.25) is 0 Å². The molecule has 1 aromatic carbocycles. The van der Waals surface area contributed by atoms with Crippen LogP contribution in [0.1, 0.15) is 52.2 Å². The Morgan fingerprint density at radius 2 is 1.90 bits per heavy atom. The molecule has 0 atom stereocenters. The lowest BCUT2D eigenvalue weighted by Gasteiger charge is -2.12. The van der Waals surface area contributed by atoms with Crippen molar-refractivity contribution in [1.29, 1.82) is 0 Å². The van der Waals surface area contributed by atoms with Gasteiger partial charge in [-0.3, -0.25) is 10.1 Å². The second-order valence-electron chi connectivity index (χ2n) is 7.65. The van der Waals surface area contributed by atoms with Crippen LogP contribution in [-0.4, -0.2) is 15.9 Å². The van der Waals surface area contributed by atoms with Gasteiger partial charge in [-0.2, -0.15) is 0 Å². The van der Waals surface area contributed by atoms with Crippen molar-refractivity contribution in [2.45, 2.75) is 45.4 Å². The number of hydrogen-bond acceptors (Lipinski definition) is 6. The third-order valence-electron chi connectivity index (χ3n) is 5.47. The van der Waals surface area contributed by atoms with Crippen LogP contribution >= 0.6 is 22.7 Å². The monoisotopic (exact) mass is 422 g/mol. The van der Waals surface area contributed by atoms with E-state index in [1.165, 1.54) is 65.2 Å². The predicted molar refractivity (Wildman–Crippen MR) is 122 cm³/mol. The molecule has 3 N–H and O–H groups in total. The maximum atomic E-state index is 12.9. The number of carbonyl (C=O) groups excluding carboxylic acids is 1. The summed E-state index contributed by atoms with van der Waals surface area (Å²) in [6.07, 6.45) is 6.95. The summed E-state index contributed by atoms with van der Waals surface area (Å²) in [5.41, 5.74) is 11.4. The van der Waals surface area contributed by atoms with Gasteiger partial charge in [-0.1, -0.05) is 30.2 Å². The summed E-state index contributed by atoms with van der Waals surface area (Å²) in [7, 11) is 0. The van der Waals surface area contributed by atoms with Crippen molar-refractivity contribution < 1.29 is 4.79 Å². The van der Waals surface area contributed by atoms with E-state index in [9.17, 15) is 4.79 Å². The van der Waals surface area contributed by atoms with Gasteiger partial charge < -0.3 is 5.73 Å². The summed E-state index contributed by atoms with van der Waals surface area (Å²) in [4.78, 5) is 23.7. The molecule has 4 aromatic rings. The molecule has 0 saturated heterocycles. The number of aromatic nitrogens is 2. The third-order valence-corrected chi connectivity index (χ3v) is 7.52. The van der Waals surface area contributed by atoms with Crippen LogP contribution in [-0.2, 0) is 12.8 Å². The van der Waals surface area contributed by atoms with E-state index in [0.717, 1.165) is 33.3 Å². The van der Waals surface area contributed by atoms with Gasteiger partial charge in [0.1, 0.15) is 9.71 Å². The summed E-state index contributed by atoms with van der Waals surface area (Å²) in [6, 6.07) is 8.24. The molecule has 0 fully saturated rings. The quantitative estimate of drug-likeness (QED) is 0.434. The molecule has 29 heavy (non-hydrogen) atoms. The zero-order valence-electron chi connectivity index (χ0n) is 16.2. The van der Waals surface area contributed by atoms with Crippen molar-refractivity contribution in [1.82, 2.24) is 9.97 Å². The highest BCUT2D eigenvalue weighted by atomic mass is 32.1. The van der Waals surface area contributed by atoms with E-state index in [1.54, 1.807) is 0 Å². The maximum absolute atomic E-state index is 12.9. The van der Waals surface area contributed by atoms with E-state index in [4.69, 9.17) is 10.7 Å². The molecule has 0 radical (unpaired) electrons. The van der Waals surface area contributed by atoms with Crippen LogP contribution in [0.2, 0.25) is 0 Å². The molecule has 0 bridgehead atoms. The van der Waals surface area contributed by atoms with Gasteiger partial charge in [0.05, 0.1) is 15.9 Å². The summed E-state index contributed by atoms with van der Waals surface area (Å²) in [5, 5.41) is 4.42. The van der Waals surface area contributed by atoms with Gasteiger partial charge in [0, 0.05) is 11.1 Å². The number of thiazole rings is 1. The average Bonchev–Trinajstić information content (AvgIpc) is 3.21. The Kier molecular flexibility index (Phi) is 4.72. The zero-order chi connectivity index (χ0) is 20.0. The maximum Gasteiger partial charge on any atom is 0.269 e. The zero-order valence-corrected chi connectivity index (χ0v) is 17.9. The first-order chi connectivity index (χ1) is 14.1. The first-order valence-electron chi connectivity index (χ1n) is 9.98. The number of amides is 1. The molecule has 7 heteroatoms. The smallest absolute Gasteiger partial charge is 0.269 e. The van der Waals surface area contributed by atoms with E-state index in [0.29, 0.717) is 15.7 Å². The van der Waals surface area contributed by atoms with Crippen molar-refractivity contribution in [3.05, 3.63) is 46.0 Å².